The van der Waals surface area contributed by atoms with Gasteiger partial charge in [-0.25, -0.2) is 18.1 Å². The molecule has 16 heteroatoms. The summed E-state index contributed by atoms with van der Waals surface area (Å²) < 4.78 is 42.1. The molecule has 8 rings (SSSR count). The fraction of sp³-hybridized carbons (Fsp3) is 0.333. The number of allylic oxidation sites excluding steroid dienone is 1. The largest absolute Gasteiger partial charge is 0.455 e. The molecule has 2 aliphatic heterocycles. The van der Waals surface area contributed by atoms with E-state index in [9.17, 15) is 23.3 Å². The first-order chi connectivity index (χ1) is 28.0. The Labute approximate surface area is 349 Å². The van der Waals surface area contributed by atoms with Gasteiger partial charge in [0.1, 0.15) is 22.8 Å². The summed E-state index contributed by atoms with van der Waals surface area (Å²) in [5, 5.41) is 16.7. The first-order valence-corrected chi connectivity index (χ1v) is 22.0. The van der Waals surface area contributed by atoms with Crippen LogP contribution in [0.2, 0.25) is 5.02 Å². The van der Waals surface area contributed by atoms with Crippen molar-refractivity contribution in [3.63, 3.8) is 0 Å². The van der Waals surface area contributed by atoms with E-state index in [2.05, 4.69) is 46.9 Å². The number of hydrogen-bond acceptors (Lipinski definition) is 10. The maximum atomic E-state index is 13.9. The van der Waals surface area contributed by atoms with Gasteiger partial charge in [-0.1, -0.05) is 45.7 Å². The summed E-state index contributed by atoms with van der Waals surface area (Å²) in [6.07, 6.45) is 11.8. The van der Waals surface area contributed by atoms with Gasteiger partial charge in [-0.15, -0.1) is 0 Å². The number of amides is 1. The number of carbonyl (C=O) groups excluding carboxylic acids is 1. The molecule has 13 nitrogen and oxygen atoms in total. The highest BCUT2D eigenvalue weighted by molar-refractivity contribution is 9.10. The molecule has 3 aliphatic rings. The second-order valence-electron chi connectivity index (χ2n) is 14.9. The van der Waals surface area contributed by atoms with Crippen LogP contribution in [-0.2, 0) is 14.8 Å². The predicted molar refractivity (Wildman–Crippen MR) is 226 cm³/mol. The second-order valence-corrected chi connectivity index (χ2v) is 17.8. The molecule has 1 aliphatic carbocycles. The zero-order valence-electron chi connectivity index (χ0n) is 31.5. The number of anilines is 1. The summed E-state index contributed by atoms with van der Waals surface area (Å²) in [5.74, 6) is -0.197. The van der Waals surface area contributed by atoms with E-state index in [-0.39, 0.29) is 29.0 Å². The Kier molecular flexibility index (Phi) is 11.9. The Morgan fingerprint density at radius 1 is 1.09 bits per heavy atom. The lowest BCUT2D eigenvalue weighted by atomic mass is 9.88. The molecule has 2 saturated heterocycles. The third-order valence-electron chi connectivity index (χ3n) is 11.3. The number of H-pyrrole nitrogens is 1. The average Bonchev–Trinajstić information content (AvgIpc) is 3.90. The molecule has 3 N–H and O–H groups in total. The summed E-state index contributed by atoms with van der Waals surface area (Å²) in [5.41, 5.74) is 3.47. The molecule has 0 spiro atoms. The number of sulfonamides is 1. The van der Waals surface area contributed by atoms with Gasteiger partial charge in [0.05, 0.1) is 21.6 Å². The molecule has 0 bridgehead atoms. The van der Waals surface area contributed by atoms with Crippen molar-refractivity contribution in [3.8, 4) is 11.5 Å². The molecular formula is C42H42BrClN6O7S. The number of aromatic amines is 1. The van der Waals surface area contributed by atoms with Crippen molar-refractivity contribution in [2.75, 3.05) is 31.6 Å². The number of halogens is 2. The summed E-state index contributed by atoms with van der Waals surface area (Å²) in [4.78, 5) is 34.9. The van der Waals surface area contributed by atoms with E-state index in [1.54, 1.807) is 30.5 Å². The number of hydrogen-bond donors (Lipinski definition) is 3. The molecule has 1 amide bonds. The van der Waals surface area contributed by atoms with Crippen LogP contribution in [0.25, 0.3) is 16.6 Å². The van der Waals surface area contributed by atoms with E-state index in [4.69, 9.17) is 21.1 Å². The molecule has 3 aromatic carbocycles. The highest BCUT2D eigenvalue weighted by Gasteiger charge is 2.35. The van der Waals surface area contributed by atoms with Gasteiger partial charge in [0.25, 0.3) is 21.6 Å². The predicted octanol–water partition coefficient (Wildman–Crippen LogP) is 9.41. The van der Waals surface area contributed by atoms with Gasteiger partial charge in [-0.05, 0) is 117 Å². The number of benzene rings is 3. The highest BCUT2D eigenvalue weighted by Crippen LogP contribution is 2.44. The van der Waals surface area contributed by atoms with E-state index in [1.165, 1.54) is 18.3 Å². The molecule has 58 heavy (non-hydrogen) atoms. The molecule has 2 atom stereocenters. The summed E-state index contributed by atoms with van der Waals surface area (Å²) in [6, 6.07) is 18.7. The van der Waals surface area contributed by atoms with Gasteiger partial charge in [0.2, 0.25) is 0 Å². The minimum Gasteiger partial charge on any atom is -0.455 e. The number of ether oxygens (including phenoxy) is 2. The quantitative estimate of drug-likeness (QED) is 0.0811. The van der Waals surface area contributed by atoms with Crippen LogP contribution in [0.15, 0.2) is 94.6 Å². The Bertz CT molecular complexity index is 2490. The van der Waals surface area contributed by atoms with Gasteiger partial charge in [-0.3, -0.25) is 19.8 Å². The SMILES string of the molecule is O=C(NS(=O)(=O)c1ccc(NCC2CCOCC2)c([N+](=O)[O-])c1)c1ccc(C2=CCC(N3CCCC3c3c(Cl)cccc3Br)CC2)cc1Oc1cnc2[nH]ccc2c1. The first-order valence-electron chi connectivity index (χ1n) is 19.4. The molecule has 0 radical (unpaired) electrons. The normalized spacial score (nSPS) is 19.2. The Morgan fingerprint density at radius 2 is 1.93 bits per heavy atom. The molecule has 302 valence electrons. The van der Waals surface area contributed by atoms with Gasteiger partial charge >= 0.3 is 0 Å². The van der Waals surface area contributed by atoms with Crippen LogP contribution in [-0.4, -0.2) is 66.5 Å². The topological polar surface area (TPSA) is 169 Å². The molecule has 2 unspecified atom stereocenters. The zero-order chi connectivity index (χ0) is 40.4. The van der Waals surface area contributed by atoms with Crippen molar-refractivity contribution < 1.29 is 27.6 Å². The molecular weight excluding hydrogens is 848 g/mol. The van der Waals surface area contributed by atoms with E-state index in [1.807, 2.05) is 24.3 Å². The van der Waals surface area contributed by atoms with Crippen molar-refractivity contribution in [1.29, 1.82) is 0 Å². The van der Waals surface area contributed by atoms with E-state index in [0.717, 1.165) is 89.1 Å². The van der Waals surface area contributed by atoms with Crippen LogP contribution in [0.3, 0.4) is 0 Å². The van der Waals surface area contributed by atoms with Crippen LogP contribution in [0.1, 0.15) is 72.5 Å². The maximum Gasteiger partial charge on any atom is 0.293 e. The van der Waals surface area contributed by atoms with Crippen LogP contribution < -0.4 is 14.8 Å². The van der Waals surface area contributed by atoms with Gasteiger partial charge in [-0.2, -0.15) is 0 Å². The van der Waals surface area contributed by atoms with Crippen molar-refractivity contribution in [3.05, 3.63) is 121 Å². The van der Waals surface area contributed by atoms with Crippen molar-refractivity contribution in [2.45, 2.75) is 61.9 Å². The fourth-order valence-electron chi connectivity index (χ4n) is 8.27. The van der Waals surface area contributed by atoms with E-state index in [0.29, 0.717) is 37.2 Å². The number of nitrogens with one attached hydrogen (secondary N) is 3. The summed E-state index contributed by atoms with van der Waals surface area (Å²) >= 11 is 10.4. The minimum absolute atomic E-state index is 0.0368. The maximum absolute atomic E-state index is 13.9. The number of nitro benzene ring substituents is 1. The third kappa shape index (κ3) is 8.64. The Hall–Kier alpha value is -4.80. The number of aromatic nitrogens is 2. The zero-order valence-corrected chi connectivity index (χ0v) is 34.6. The molecule has 5 aromatic rings. The lowest BCUT2D eigenvalue weighted by Crippen LogP contribution is -2.36. The number of carbonyl (C=O) groups is 1. The molecule has 2 aromatic heterocycles. The Morgan fingerprint density at radius 3 is 2.71 bits per heavy atom. The standard InChI is InChI=1S/C42H42BrClN6O7S/c43-34-3-1-4-35(44)40(34)37-5-2-18-49(37)30-9-6-27(7-10-30)28-8-12-33(39(22-28)57-31-21-29-14-17-45-41(29)47-25-31)42(51)48-58(54,55)32-11-13-36(38(23-32)50(52)53)46-24-26-15-19-56-20-16-26/h1,3-4,6,8,11-14,17,21-23,25-26,30,37,46H,2,5,7,9-10,15-16,18-20,24H2,(H,45,47)(H,48,51). The van der Waals surface area contributed by atoms with Crippen molar-refractivity contribution in [1.82, 2.24) is 19.6 Å². The van der Waals surface area contributed by atoms with E-state index < -0.39 is 31.4 Å². The first kappa shape index (κ1) is 40.0. The van der Waals surface area contributed by atoms with E-state index >= 15 is 0 Å². The Balaban J connectivity index is 1.04. The van der Waals surface area contributed by atoms with Gasteiger partial charge in [0, 0.05) is 64.6 Å². The molecule has 4 heterocycles. The number of pyridine rings is 1. The number of nitrogens with zero attached hydrogens (tertiary/aromatic N) is 3. The van der Waals surface area contributed by atoms with Gasteiger partial charge in [0.15, 0.2) is 0 Å². The lowest BCUT2D eigenvalue weighted by molar-refractivity contribution is -0.384. The molecule has 0 saturated carbocycles. The van der Waals surface area contributed by atoms with Crippen molar-refractivity contribution >= 4 is 71.4 Å². The number of nitro groups is 1. The molecule has 2 fully saturated rings. The number of fused-ring (bicyclic) bond motifs is 1. The fourth-order valence-corrected chi connectivity index (χ4v) is 10.3. The smallest absolute Gasteiger partial charge is 0.293 e. The van der Waals surface area contributed by atoms with Crippen LogP contribution >= 0.6 is 27.5 Å². The van der Waals surface area contributed by atoms with Crippen molar-refractivity contribution in [2.24, 2.45) is 5.92 Å². The highest BCUT2D eigenvalue weighted by atomic mass is 79.9. The summed E-state index contributed by atoms with van der Waals surface area (Å²) in [7, 11) is -4.55. The minimum atomic E-state index is -4.55. The summed E-state index contributed by atoms with van der Waals surface area (Å²) in [6.45, 7) is 2.73. The van der Waals surface area contributed by atoms with Crippen LogP contribution in [0, 0.1) is 16.0 Å². The average molecular weight is 890 g/mol. The lowest BCUT2D eigenvalue weighted by Gasteiger charge is -2.36. The monoisotopic (exact) mass is 888 g/mol. The van der Waals surface area contributed by atoms with Crippen LogP contribution in [0.4, 0.5) is 11.4 Å². The van der Waals surface area contributed by atoms with Gasteiger partial charge < -0.3 is 19.8 Å². The van der Waals surface area contributed by atoms with Crippen LogP contribution in [0.5, 0.6) is 11.5 Å². The third-order valence-corrected chi connectivity index (χ3v) is 13.7. The number of rotatable bonds is 12. The number of likely N-dealkylation sites (tertiary alicyclic amines) is 1. The second kappa shape index (κ2) is 17.2.